The van der Waals surface area contributed by atoms with Crippen molar-refractivity contribution in [2.75, 3.05) is 0 Å². The summed E-state index contributed by atoms with van der Waals surface area (Å²) in [6.07, 6.45) is 23.4. The zero-order valence-corrected chi connectivity index (χ0v) is 52.3. The zero-order valence-electron chi connectivity index (χ0n) is 41.0. The van der Waals surface area contributed by atoms with Gasteiger partial charge in [0, 0.05) is 142 Å². The van der Waals surface area contributed by atoms with Crippen LogP contribution in [0.3, 0.4) is 0 Å². The predicted molar refractivity (Wildman–Crippen MR) is 268 cm³/mol. The SMILES string of the molecule is [CH2-]C1=CC2CCCc3ccc(C)cc3C2=C1.[CH2-]C1=CC2CCCc3ccc(C)cc3C2=N1.[CH2-]c1cc2n(c1)-c1cc(C)ccc1CCC2.[CH2-]c1cc2n(n1)-c1cc(C)ccc1CCC2.[Y].[Y].[Y].[Y]. The van der Waals surface area contributed by atoms with E-state index in [0.29, 0.717) is 11.8 Å². The summed E-state index contributed by atoms with van der Waals surface area (Å²) >= 11 is 0. The Hall–Kier alpha value is -1.84. The van der Waals surface area contributed by atoms with Crippen LogP contribution in [0.2, 0.25) is 0 Å². The van der Waals surface area contributed by atoms with Crippen LogP contribution >= 0.6 is 0 Å². The molecule has 3 aliphatic heterocycles. The van der Waals surface area contributed by atoms with Gasteiger partial charge in [0.05, 0.1) is 5.69 Å². The summed E-state index contributed by atoms with van der Waals surface area (Å²) in [5.74, 6) is 1.13. The fourth-order valence-electron chi connectivity index (χ4n) is 10.6. The molecule has 0 bridgehead atoms. The quantitative estimate of drug-likeness (QED) is 0.140. The molecule has 4 aromatic carbocycles. The van der Waals surface area contributed by atoms with Gasteiger partial charge in [-0.3, -0.25) is 9.67 Å². The number of hydrogen-bond donors (Lipinski definition) is 0. The van der Waals surface area contributed by atoms with Gasteiger partial charge >= 0.3 is 0 Å². The van der Waals surface area contributed by atoms with E-state index in [1.54, 1.807) is 0 Å². The Morgan fingerprint density at radius 2 is 1.04 bits per heavy atom. The molecule has 3 aliphatic carbocycles. The van der Waals surface area contributed by atoms with Crippen molar-refractivity contribution in [3.63, 3.8) is 0 Å². The maximum absolute atomic E-state index is 4.62. The van der Waals surface area contributed by atoms with Gasteiger partial charge in [-0.2, -0.15) is 49.3 Å². The summed E-state index contributed by atoms with van der Waals surface area (Å²) in [5, 5.41) is 4.50. The van der Waals surface area contributed by atoms with Crippen LogP contribution in [0.15, 0.2) is 126 Å². The molecule has 2 aromatic heterocycles. The van der Waals surface area contributed by atoms with Crippen LogP contribution in [0.4, 0.5) is 0 Å². The van der Waals surface area contributed by atoms with Crippen molar-refractivity contribution in [1.82, 2.24) is 14.3 Å². The first-order valence-electron chi connectivity index (χ1n) is 23.7. The molecule has 4 radical (unpaired) electrons. The Kier molecular flexibility index (Phi) is 21.6. The molecule has 340 valence electrons. The van der Waals surface area contributed by atoms with E-state index >= 15 is 0 Å². The van der Waals surface area contributed by atoms with Crippen LogP contribution in [-0.4, -0.2) is 20.1 Å². The number of aliphatic imine (C=N–C) groups is 1. The standard InChI is InChI=1S/C16H17.2C15H16N.C14H15N2.4Y/c2*1-11-6-7-13-4-3-5-14-8-12(2)10-16(14)15(13)9-11;1-10-6-7-12-4-3-5-13-9-11(2)16-15(13)14(12)8-10;1-10-6-7-12-4-3-5-13-9-11(2)15-16(13)14(12)8-10;;;;/h6-10,14H,2-5H2,1H3;6-10H,2-5H2,1H3;6-9,13H,2-5H2,1H3;6-9H,2-5H2,1H3;;;;/q4*-1;;;;. The number of hydrogen-bond acceptors (Lipinski definition) is 2. The fraction of sp³-hybridized carbons (Fsp3) is 0.300. The number of aryl methyl sites for hydroxylation is 10. The van der Waals surface area contributed by atoms with Crippen molar-refractivity contribution in [3.05, 3.63) is 227 Å². The van der Waals surface area contributed by atoms with Gasteiger partial charge in [0.25, 0.3) is 0 Å². The largest absolute Gasteiger partial charge is 0.386 e. The molecular weight excluding hydrogens is 1130 g/mol. The summed E-state index contributed by atoms with van der Waals surface area (Å²) in [4.78, 5) is 4.62. The first-order valence-corrected chi connectivity index (χ1v) is 23.7. The summed E-state index contributed by atoms with van der Waals surface area (Å²) in [6, 6.07) is 31.3. The van der Waals surface area contributed by atoms with Crippen LogP contribution < -0.4 is 0 Å². The molecular formula is C60H64N4Y4-4. The van der Waals surface area contributed by atoms with Gasteiger partial charge in [-0.25, -0.2) is 18.9 Å². The molecule has 0 saturated carbocycles. The van der Waals surface area contributed by atoms with E-state index in [4.69, 9.17) is 0 Å². The third-order valence-corrected chi connectivity index (χ3v) is 13.7. The van der Waals surface area contributed by atoms with E-state index in [1.807, 2.05) is 0 Å². The summed E-state index contributed by atoms with van der Waals surface area (Å²) < 4.78 is 4.38. The Balaban J connectivity index is 0.000000166. The molecule has 5 heterocycles. The molecule has 4 nitrogen and oxygen atoms in total. The predicted octanol–water partition coefficient (Wildman–Crippen LogP) is 13.9. The second-order valence-electron chi connectivity index (χ2n) is 19.0. The molecule has 8 heteroatoms. The van der Waals surface area contributed by atoms with Gasteiger partial charge in [0.1, 0.15) is 0 Å². The third-order valence-electron chi connectivity index (χ3n) is 13.7. The molecule has 12 rings (SSSR count). The summed E-state index contributed by atoms with van der Waals surface area (Å²) in [5.41, 5.74) is 26.1. The van der Waals surface area contributed by atoms with Crippen LogP contribution in [0.1, 0.15) is 117 Å². The molecule has 6 aliphatic rings. The summed E-state index contributed by atoms with van der Waals surface area (Å²) in [6.45, 7) is 24.6. The number of nitrogens with zero attached hydrogens (tertiary/aromatic N) is 4. The molecule has 0 fully saturated rings. The van der Waals surface area contributed by atoms with Crippen LogP contribution in [-0.2, 0) is 169 Å². The van der Waals surface area contributed by atoms with Crippen molar-refractivity contribution in [2.24, 2.45) is 16.8 Å². The van der Waals surface area contributed by atoms with Crippen LogP contribution in [0, 0.1) is 67.2 Å². The monoisotopic (exact) mass is 1200 g/mol. The Bertz CT molecular complexity index is 2660. The van der Waals surface area contributed by atoms with Gasteiger partial charge in [0.2, 0.25) is 0 Å². The van der Waals surface area contributed by atoms with E-state index in [1.165, 1.54) is 153 Å². The van der Waals surface area contributed by atoms with E-state index in [2.05, 4.69) is 184 Å². The van der Waals surface area contributed by atoms with Gasteiger partial charge in [0.15, 0.2) is 0 Å². The smallest absolute Gasteiger partial charge is 0.0664 e. The molecule has 2 unspecified atom stereocenters. The fourth-order valence-corrected chi connectivity index (χ4v) is 10.6. The van der Waals surface area contributed by atoms with Crippen LogP contribution in [0.25, 0.3) is 16.9 Å². The Morgan fingerprint density at radius 1 is 0.515 bits per heavy atom. The number of allylic oxidation sites excluding steroid dienone is 6. The second kappa shape index (κ2) is 25.7. The van der Waals surface area contributed by atoms with Gasteiger partial charge < -0.3 is 4.57 Å². The van der Waals surface area contributed by atoms with E-state index in [0.717, 1.165) is 36.2 Å². The molecule has 0 spiro atoms. The number of rotatable bonds is 0. The molecule has 6 aromatic rings. The minimum absolute atomic E-state index is 0. The van der Waals surface area contributed by atoms with Gasteiger partial charge in [-0.1, -0.05) is 102 Å². The average Bonchev–Trinajstić information content (AvgIpc) is 3.94. The second-order valence-corrected chi connectivity index (χ2v) is 19.0. The first kappa shape index (κ1) is 57.1. The maximum atomic E-state index is 4.62. The Labute approximate surface area is 509 Å². The van der Waals surface area contributed by atoms with E-state index in [-0.39, 0.29) is 131 Å². The number of fused-ring (bicyclic) bond motifs is 12. The molecule has 0 N–H and O–H groups in total. The van der Waals surface area contributed by atoms with E-state index < -0.39 is 0 Å². The molecule has 2 atom stereocenters. The van der Waals surface area contributed by atoms with Crippen molar-refractivity contribution in [3.8, 4) is 11.4 Å². The molecule has 68 heavy (non-hydrogen) atoms. The topological polar surface area (TPSA) is 35.1 Å². The summed E-state index contributed by atoms with van der Waals surface area (Å²) in [7, 11) is 0. The van der Waals surface area contributed by atoms with Gasteiger partial charge in [-0.05, 0) is 172 Å². The van der Waals surface area contributed by atoms with E-state index in [9.17, 15) is 0 Å². The normalized spacial score (nSPS) is 17.4. The van der Waals surface area contributed by atoms with Gasteiger partial charge in [-0.15, -0.1) is 11.8 Å². The molecule has 0 saturated heterocycles. The minimum atomic E-state index is 0. The van der Waals surface area contributed by atoms with Crippen molar-refractivity contribution in [2.45, 2.75) is 105 Å². The first-order chi connectivity index (χ1) is 30.9. The minimum Gasteiger partial charge on any atom is -0.386 e. The third kappa shape index (κ3) is 13.4. The number of benzene rings is 4. The van der Waals surface area contributed by atoms with Crippen molar-refractivity contribution >= 4 is 11.3 Å². The average molecular weight is 1200 g/mol. The number of aromatic nitrogens is 3. The Morgan fingerprint density at radius 3 is 1.71 bits per heavy atom. The van der Waals surface area contributed by atoms with Crippen molar-refractivity contribution in [1.29, 1.82) is 0 Å². The van der Waals surface area contributed by atoms with Crippen LogP contribution in [0.5, 0.6) is 0 Å². The zero-order chi connectivity index (χ0) is 44.5. The van der Waals surface area contributed by atoms with Crippen molar-refractivity contribution < 1.29 is 131 Å². The molecule has 0 amide bonds. The maximum Gasteiger partial charge on any atom is 0.0664 e.